The molecule has 0 radical (unpaired) electrons. The van der Waals surface area contributed by atoms with E-state index in [0.29, 0.717) is 6.54 Å². The summed E-state index contributed by atoms with van der Waals surface area (Å²) in [4.78, 5) is 10.8. The number of aromatic nitrogens is 3. The largest absolute Gasteiger partial charge is 0.494 e. The van der Waals surface area contributed by atoms with Crippen LogP contribution in [0, 0.1) is 0 Å². The van der Waals surface area contributed by atoms with E-state index in [-0.39, 0.29) is 0 Å². The molecule has 0 unspecified atom stereocenters. The lowest BCUT2D eigenvalue weighted by Gasteiger charge is -2.17. The van der Waals surface area contributed by atoms with Gasteiger partial charge >= 0.3 is 0 Å². The van der Waals surface area contributed by atoms with Gasteiger partial charge in [-0.25, -0.2) is 0 Å². The van der Waals surface area contributed by atoms with E-state index < -0.39 is 0 Å². The number of nitrogens with zero attached hydrogens (tertiary/aromatic N) is 4. The summed E-state index contributed by atoms with van der Waals surface area (Å²) in [5.41, 5.74) is 3.81. The molecule has 0 saturated carbocycles. The summed E-state index contributed by atoms with van der Waals surface area (Å²) >= 11 is 0. The maximum atomic E-state index is 5.50. The molecule has 3 aromatic heterocycles. The van der Waals surface area contributed by atoms with Crippen LogP contribution in [-0.4, -0.2) is 34.2 Å². The third-order valence-electron chi connectivity index (χ3n) is 4.43. The summed E-state index contributed by atoms with van der Waals surface area (Å²) in [5, 5.41) is 5.25. The zero-order chi connectivity index (χ0) is 18.6. The zero-order valence-corrected chi connectivity index (χ0v) is 15.3. The van der Waals surface area contributed by atoms with E-state index in [9.17, 15) is 0 Å². The molecule has 0 spiro atoms. The number of hydrogen-bond acceptors (Lipinski definition) is 6. The number of ether oxygens (including phenoxy) is 1. The molecule has 1 aromatic carbocycles. The molecule has 4 aromatic rings. The molecule has 0 aliphatic carbocycles. The molecule has 136 valence electrons. The van der Waals surface area contributed by atoms with E-state index in [1.165, 1.54) is 5.56 Å². The molecular weight excluding hydrogens is 340 g/mol. The van der Waals surface area contributed by atoms with Crippen molar-refractivity contribution in [2.75, 3.05) is 14.2 Å². The van der Waals surface area contributed by atoms with Crippen molar-refractivity contribution in [2.24, 2.45) is 0 Å². The van der Waals surface area contributed by atoms with Crippen LogP contribution in [0.15, 0.2) is 65.6 Å². The minimum absolute atomic E-state index is 0.654. The van der Waals surface area contributed by atoms with Crippen molar-refractivity contribution >= 4 is 10.9 Å². The maximum Gasteiger partial charge on any atom is 0.151 e. The molecule has 4 rings (SSSR count). The molecule has 0 aliphatic rings. The highest BCUT2D eigenvalue weighted by Crippen LogP contribution is 2.27. The summed E-state index contributed by atoms with van der Waals surface area (Å²) in [6.45, 7) is 1.41. The van der Waals surface area contributed by atoms with Crippen molar-refractivity contribution in [1.29, 1.82) is 0 Å². The van der Waals surface area contributed by atoms with Crippen LogP contribution in [0.25, 0.3) is 22.2 Å². The normalized spacial score (nSPS) is 11.2. The Kier molecular flexibility index (Phi) is 4.80. The topological polar surface area (TPSA) is 64.3 Å². The number of pyridine rings is 2. The smallest absolute Gasteiger partial charge is 0.151 e. The highest BCUT2D eigenvalue weighted by molar-refractivity contribution is 5.87. The Bertz CT molecular complexity index is 1050. The molecule has 0 amide bonds. The molecular formula is C21H20N4O2. The zero-order valence-electron chi connectivity index (χ0n) is 15.3. The van der Waals surface area contributed by atoms with E-state index in [1.807, 2.05) is 30.3 Å². The van der Waals surface area contributed by atoms with Crippen molar-refractivity contribution in [3.63, 3.8) is 0 Å². The molecule has 0 aliphatic heterocycles. The fourth-order valence-electron chi connectivity index (χ4n) is 3.16. The molecule has 0 N–H and O–H groups in total. The first-order valence-electron chi connectivity index (χ1n) is 8.70. The van der Waals surface area contributed by atoms with Gasteiger partial charge in [0.2, 0.25) is 0 Å². The summed E-state index contributed by atoms with van der Waals surface area (Å²) in [6, 6.07) is 13.9. The van der Waals surface area contributed by atoms with E-state index in [0.717, 1.165) is 40.2 Å². The van der Waals surface area contributed by atoms with Crippen molar-refractivity contribution in [3.8, 4) is 17.0 Å². The Balaban J connectivity index is 1.51. The summed E-state index contributed by atoms with van der Waals surface area (Å²) < 4.78 is 10.9. The molecule has 0 saturated heterocycles. The van der Waals surface area contributed by atoms with Crippen molar-refractivity contribution in [3.05, 3.63) is 72.4 Å². The van der Waals surface area contributed by atoms with Gasteiger partial charge in [0.25, 0.3) is 0 Å². The van der Waals surface area contributed by atoms with Gasteiger partial charge in [-0.3, -0.25) is 14.9 Å². The van der Waals surface area contributed by atoms with Crippen LogP contribution in [0.3, 0.4) is 0 Å². The predicted octanol–water partition coefficient (Wildman–Crippen LogP) is 3.93. The Morgan fingerprint density at radius 1 is 1.07 bits per heavy atom. The van der Waals surface area contributed by atoms with Crippen molar-refractivity contribution < 1.29 is 9.26 Å². The van der Waals surface area contributed by atoms with Crippen LogP contribution in [0.4, 0.5) is 0 Å². The van der Waals surface area contributed by atoms with Gasteiger partial charge in [0.1, 0.15) is 17.0 Å². The minimum Gasteiger partial charge on any atom is -0.494 e. The van der Waals surface area contributed by atoms with E-state index in [4.69, 9.17) is 9.26 Å². The second kappa shape index (κ2) is 7.55. The fourth-order valence-corrected chi connectivity index (χ4v) is 3.16. The molecule has 0 bridgehead atoms. The summed E-state index contributed by atoms with van der Waals surface area (Å²) in [7, 11) is 3.72. The second-order valence-corrected chi connectivity index (χ2v) is 6.42. The highest BCUT2D eigenvalue weighted by atomic mass is 16.5. The average Bonchev–Trinajstić information content (AvgIpc) is 3.17. The van der Waals surface area contributed by atoms with Gasteiger partial charge in [-0.15, -0.1) is 0 Å². The number of rotatable bonds is 6. The van der Waals surface area contributed by atoms with E-state index in [2.05, 4.69) is 39.2 Å². The lowest BCUT2D eigenvalue weighted by molar-refractivity contribution is 0.267. The third-order valence-corrected chi connectivity index (χ3v) is 4.43. The first-order chi connectivity index (χ1) is 13.2. The Morgan fingerprint density at radius 2 is 1.96 bits per heavy atom. The monoisotopic (exact) mass is 360 g/mol. The number of hydrogen-bond donors (Lipinski definition) is 0. The number of benzene rings is 1. The van der Waals surface area contributed by atoms with E-state index >= 15 is 0 Å². The first kappa shape index (κ1) is 17.2. The maximum absolute atomic E-state index is 5.50. The van der Waals surface area contributed by atoms with Gasteiger partial charge in [-0.1, -0.05) is 17.3 Å². The summed E-state index contributed by atoms with van der Waals surface area (Å²) in [6.07, 6.45) is 5.31. The first-order valence-corrected chi connectivity index (χ1v) is 8.70. The predicted molar refractivity (Wildman–Crippen MR) is 103 cm³/mol. The molecule has 6 heteroatoms. The fraction of sp³-hybridized carbons (Fsp3) is 0.190. The van der Waals surface area contributed by atoms with Gasteiger partial charge in [-0.2, -0.15) is 0 Å². The van der Waals surface area contributed by atoms with Crippen LogP contribution in [0.1, 0.15) is 11.3 Å². The third kappa shape index (κ3) is 3.66. The second-order valence-electron chi connectivity index (χ2n) is 6.42. The van der Waals surface area contributed by atoms with Crippen LogP contribution < -0.4 is 4.74 Å². The number of fused-ring (bicyclic) bond motifs is 1. The Morgan fingerprint density at radius 3 is 2.78 bits per heavy atom. The summed E-state index contributed by atoms with van der Waals surface area (Å²) in [5.74, 6) is 1.60. The standard InChI is InChI=1S/C21H20N4O2/c1-25(14-17-11-19(24-27-17)15-5-3-9-22-12-15)13-16-7-8-20(26-2)21-18(16)6-4-10-23-21/h3-12H,13-14H2,1-2H3. The Labute approximate surface area is 157 Å². The van der Waals surface area contributed by atoms with Crippen LogP contribution in [0.5, 0.6) is 5.75 Å². The van der Waals surface area contributed by atoms with Gasteiger partial charge in [-0.05, 0) is 36.9 Å². The lowest BCUT2D eigenvalue weighted by atomic mass is 10.1. The van der Waals surface area contributed by atoms with Crippen molar-refractivity contribution in [1.82, 2.24) is 20.0 Å². The van der Waals surface area contributed by atoms with Gasteiger partial charge in [0.15, 0.2) is 5.76 Å². The average molecular weight is 360 g/mol. The van der Waals surface area contributed by atoms with Gasteiger partial charge < -0.3 is 9.26 Å². The SMILES string of the molecule is COc1ccc(CN(C)Cc2cc(-c3cccnc3)no2)c2cccnc12. The molecule has 0 fully saturated rings. The Hall–Kier alpha value is -3.25. The van der Waals surface area contributed by atoms with E-state index in [1.54, 1.807) is 25.7 Å². The molecule has 6 nitrogen and oxygen atoms in total. The van der Waals surface area contributed by atoms with Crippen molar-refractivity contribution in [2.45, 2.75) is 13.1 Å². The highest BCUT2D eigenvalue weighted by Gasteiger charge is 2.12. The van der Waals surface area contributed by atoms with Gasteiger partial charge in [0, 0.05) is 42.2 Å². The quantitative estimate of drug-likeness (QED) is 0.519. The van der Waals surface area contributed by atoms with Crippen LogP contribution in [-0.2, 0) is 13.1 Å². The van der Waals surface area contributed by atoms with Gasteiger partial charge in [0.05, 0.1) is 13.7 Å². The lowest BCUT2D eigenvalue weighted by Crippen LogP contribution is -2.17. The molecule has 3 heterocycles. The van der Waals surface area contributed by atoms with Crippen LogP contribution >= 0.6 is 0 Å². The molecule has 0 atom stereocenters. The minimum atomic E-state index is 0.654. The van der Waals surface area contributed by atoms with Crippen LogP contribution in [0.2, 0.25) is 0 Å². The number of methoxy groups -OCH3 is 1. The molecule has 27 heavy (non-hydrogen) atoms.